The third kappa shape index (κ3) is 3.25. The molecule has 1 amide bonds. The van der Waals surface area contributed by atoms with Gasteiger partial charge >= 0.3 is 6.09 Å². The first-order valence-corrected chi connectivity index (χ1v) is 8.03. The van der Waals surface area contributed by atoms with E-state index in [0.717, 1.165) is 48.0 Å². The lowest BCUT2D eigenvalue weighted by Gasteiger charge is -2.25. The Bertz CT molecular complexity index is 661. The standard InChI is InChI=1S/C17H24N4O2/c1-11-5-6-13(20-15-18-8-9-19-15)12-7-10-21(14(11)12)16(22)23-17(2,3)4/h5-6H,7-10H2,1-4H3,(H2,18,19,20). The van der Waals surface area contributed by atoms with Gasteiger partial charge in [-0.15, -0.1) is 0 Å². The molecule has 2 heterocycles. The maximum absolute atomic E-state index is 12.5. The van der Waals surface area contributed by atoms with Gasteiger partial charge < -0.3 is 15.4 Å². The van der Waals surface area contributed by atoms with Gasteiger partial charge in [0.05, 0.1) is 12.2 Å². The molecule has 0 bridgehead atoms. The van der Waals surface area contributed by atoms with Gasteiger partial charge in [-0.3, -0.25) is 9.89 Å². The van der Waals surface area contributed by atoms with E-state index in [-0.39, 0.29) is 6.09 Å². The molecule has 0 fully saturated rings. The van der Waals surface area contributed by atoms with Crippen LogP contribution in [0.1, 0.15) is 31.9 Å². The van der Waals surface area contributed by atoms with Crippen molar-refractivity contribution in [1.82, 2.24) is 5.32 Å². The zero-order chi connectivity index (χ0) is 16.6. The summed E-state index contributed by atoms with van der Waals surface area (Å²) in [4.78, 5) is 18.6. The van der Waals surface area contributed by atoms with E-state index >= 15 is 0 Å². The summed E-state index contributed by atoms with van der Waals surface area (Å²) in [5.74, 6) is 0.798. The van der Waals surface area contributed by atoms with Gasteiger partial charge in [-0.05, 0) is 45.7 Å². The topological polar surface area (TPSA) is 66.0 Å². The first kappa shape index (κ1) is 15.6. The minimum Gasteiger partial charge on any atom is -0.443 e. The summed E-state index contributed by atoms with van der Waals surface area (Å²) in [5.41, 5.74) is 3.70. The fourth-order valence-electron chi connectivity index (χ4n) is 2.94. The second-order valence-electron chi connectivity index (χ2n) is 6.92. The van der Waals surface area contributed by atoms with Gasteiger partial charge in [0, 0.05) is 24.3 Å². The normalized spacial score (nSPS) is 16.7. The molecule has 0 aromatic heterocycles. The van der Waals surface area contributed by atoms with Crippen molar-refractivity contribution in [2.24, 2.45) is 4.99 Å². The first-order valence-electron chi connectivity index (χ1n) is 8.03. The Morgan fingerprint density at radius 1 is 1.39 bits per heavy atom. The Kier molecular flexibility index (Phi) is 3.92. The average Bonchev–Trinajstić information content (AvgIpc) is 3.09. The highest BCUT2D eigenvalue weighted by atomic mass is 16.6. The van der Waals surface area contributed by atoms with Crippen LogP contribution in [-0.2, 0) is 11.2 Å². The Hall–Kier alpha value is -2.24. The number of carbonyl (C=O) groups excluding carboxylic acids is 1. The molecule has 0 atom stereocenters. The number of guanidine groups is 1. The Balaban J connectivity index is 1.88. The molecule has 0 unspecified atom stereocenters. The average molecular weight is 316 g/mol. The van der Waals surface area contributed by atoms with Crippen molar-refractivity contribution in [3.63, 3.8) is 0 Å². The highest BCUT2D eigenvalue weighted by molar-refractivity contribution is 5.99. The number of hydrogen-bond acceptors (Lipinski definition) is 5. The molecular formula is C17H24N4O2. The molecule has 2 aliphatic rings. The van der Waals surface area contributed by atoms with Gasteiger partial charge in [0.15, 0.2) is 5.96 Å². The molecule has 2 aliphatic heterocycles. The van der Waals surface area contributed by atoms with Crippen molar-refractivity contribution < 1.29 is 9.53 Å². The molecule has 0 aliphatic carbocycles. The van der Waals surface area contributed by atoms with E-state index in [1.807, 2.05) is 33.8 Å². The molecule has 2 N–H and O–H groups in total. The van der Waals surface area contributed by atoms with E-state index < -0.39 is 5.60 Å². The van der Waals surface area contributed by atoms with E-state index in [4.69, 9.17) is 4.74 Å². The Morgan fingerprint density at radius 3 is 2.83 bits per heavy atom. The van der Waals surface area contributed by atoms with E-state index in [9.17, 15) is 4.79 Å². The van der Waals surface area contributed by atoms with Crippen LogP contribution < -0.4 is 15.5 Å². The number of rotatable bonds is 1. The van der Waals surface area contributed by atoms with E-state index in [0.29, 0.717) is 6.54 Å². The second kappa shape index (κ2) is 5.76. The molecule has 1 aromatic carbocycles. The summed E-state index contributed by atoms with van der Waals surface area (Å²) in [5, 5.41) is 6.55. The van der Waals surface area contributed by atoms with Crippen LogP contribution in [0.5, 0.6) is 0 Å². The number of aliphatic imine (C=N–C) groups is 1. The maximum Gasteiger partial charge on any atom is 0.414 e. The van der Waals surface area contributed by atoms with Crippen LogP contribution in [0.2, 0.25) is 0 Å². The van der Waals surface area contributed by atoms with Crippen LogP contribution in [0.4, 0.5) is 16.2 Å². The Labute approximate surface area is 136 Å². The van der Waals surface area contributed by atoms with E-state index in [1.54, 1.807) is 4.90 Å². The fraction of sp³-hybridized carbons (Fsp3) is 0.529. The van der Waals surface area contributed by atoms with Crippen molar-refractivity contribution in [1.29, 1.82) is 0 Å². The number of nitrogens with zero attached hydrogens (tertiary/aromatic N) is 2. The van der Waals surface area contributed by atoms with Crippen molar-refractivity contribution >= 4 is 23.4 Å². The van der Waals surface area contributed by atoms with Gasteiger partial charge in [-0.1, -0.05) is 6.07 Å². The molecule has 0 radical (unpaired) electrons. The molecule has 6 nitrogen and oxygen atoms in total. The van der Waals surface area contributed by atoms with Crippen LogP contribution in [0.3, 0.4) is 0 Å². The number of ether oxygens (including phenoxy) is 1. The minimum absolute atomic E-state index is 0.284. The number of carbonyl (C=O) groups is 1. The number of amides is 1. The van der Waals surface area contributed by atoms with Crippen molar-refractivity contribution in [3.8, 4) is 0 Å². The van der Waals surface area contributed by atoms with Crippen LogP contribution in [0, 0.1) is 6.92 Å². The lowest BCUT2D eigenvalue weighted by molar-refractivity contribution is 0.0584. The molecular weight excluding hydrogens is 292 g/mol. The van der Waals surface area contributed by atoms with Crippen LogP contribution in [0.15, 0.2) is 17.1 Å². The zero-order valence-electron chi connectivity index (χ0n) is 14.2. The lowest BCUT2D eigenvalue weighted by Crippen LogP contribution is -2.36. The Morgan fingerprint density at radius 2 is 2.17 bits per heavy atom. The number of benzene rings is 1. The van der Waals surface area contributed by atoms with Crippen LogP contribution in [-0.4, -0.2) is 37.3 Å². The molecule has 23 heavy (non-hydrogen) atoms. The summed E-state index contributed by atoms with van der Waals surface area (Å²) >= 11 is 0. The van der Waals surface area contributed by atoms with E-state index in [1.165, 1.54) is 0 Å². The predicted molar refractivity (Wildman–Crippen MR) is 92.4 cm³/mol. The zero-order valence-corrected chi connectivity index (χ0v) is 14.2. The van der Waals surface area contributed by atoms with Gasteiger partial charge in [-0.25, -0.2) is 4.79 Å². The lowest BCUT2D eigenvalue weighted by atomic mass is 10.1. The summed E-state index contributed by atoms with van der Waals surface area (Å²) in [6, 6.07) is 4.08. The number of nitrogens with one attached hydrogen (secondary N) is 2. The molecule has 3 rings (SSSR count). The highest BCUT2D eigenvalue weighted by Crippen LogP contribution is 2.37. The first-order chi connectivity index (χ1) is 10.8. The minimum atomic E-state index is -0.494. The number of aryl methyl sites for hydroxylation is 1. The summed E-state index contributed by atoms with van der Waals surface area (Å²) in [6.07, 6.45) is 0.527. The quantitative estimate of drug-likeness (QED) is 0.836. The van der Waals surface area contributed by atoms with Gasteiger partial charge in [0.25, 0.3) is 0 Å². The summed E-state index contributed by atoms with van der Waals surface area (Å²) in [6.45, 7) is 9.98. The largest absolute Gasteiger partial charge is 0.443 e. The maximum atomic E-state index is 12.5. The van der Waals surface area contributed by atoms with Gasteiger partial charge in [-0.2, -0.15) is 0 Å². The summed E-state index contributed by atoms with van der Waals surface area (Å²) < 4.78 is 5.54. The SMILES string of the molecule is Cc1ccc(NC2=NCCN2)c2c1N(C(=O)OC(C)(C)C)CC2. The molecule has 6 heteroatoms. The molecule has 0 saturated carbocycles. The van der Waals surface area contributed by atoms with E-state index in [2.05, 4.69) is 21.7 Å². The van der Waals surface area contributed by atoms with Crippen molar-refractivity contribution in [2.75, 3.05) is 29.9 Å². The number of anilines is 2. The monoisotopic (exact) mass is 316 g/mol. The molecule has 1 aromatic rings. The van der Waals surface area contributed by atoms with Gasteiger partial charge in [0.2, 0.25) is 0 Å². The molecule has 0 spiro atoms. The second-order valence-corrected chi connectivity index (χ2v) is 6.92. The molecule has 0 saturated heterocycles. The predicted octanol–water partition coefficient (Wildman–Crippen LogP) is 2.66. The highest BCUT2D eigenvalue weighted by Gasteiger charge is 2.31. The number of hydrogen-bond donors (Lipinski definition) is 2. The molecule has 124 valence electrons. The number of fused-ring (bicyclic) bond motifs is 1. The van der Waals surface area contributed by atoms with Crippen molar-refractivity contribution in [3.05, 3.63) is 23.3 Å². The van der Waals surface area contributed by atoms with Crippen LogP contribution in [0.25, 0.3) is 0 Å². The van der Waals surface area contributed by atoms with Gasteiger partial charge in [0.1, 0.15) is 5.60 Å². The smallest absolute Gasteiger partial charge is 0.414 e. The summed E-state index contributed by atoms with van der Waals surface area (Å²) in [7, 11) is 0. The van der Waals surface area contributed by atoms with Crippen LogP contribution >= 0.6 is 0 Å². The van der Waals surface area contributed by atoms with Crippen molar-refractivity contribution in [2.45, 2.75) is 39.7 Å². The third-order valence-electron chi connectivity index (χ3n) is 3.88. The fourth-order valence-corrected chi connectivity index (χ4v) is 2.94. The third-order valence-corrected chi connectivity index (χ3v) is 3.88.